The lowest BCUT2D eigenvalue weighted by molar-refractivity contribution is 0.0645. The number of hydrogen-bond donors (Lipinski definition) is 0. The normalized spacial score (nSPS) is 14.7. The van der Waals surface area contributed by atoms with Crippen LogP contribution in [0.4, 0.5) is 0 Å². The molecule has 1 aromatic carbocycles. The van der Waals surface area contributed by atoms with E-state index in [1.165, 1.54) is 0 Å². The van der Waals surface area contributed by atoms with Crippen molar-refractivity contribution in [3.05, 3.63) is 76.2 Å². The number of likely N-dealkylation sites (tertiary alicyclic amines) is 1. The number of pyridine rings is 1. The van der Waals surface area contributed by atoms with E-state index in [1.807, 2.05) is 50.2 Å². The zero-order valence-corrected chi connectivity index (χ0v) is 17.8. The van der Waals surface area contributed by atoms with Gasteiger partial charge in [0.2, 0.25) is 0 Å². The number of halogens is 1. The molecule has 4 rings (SSSR count). The Bertz CT molecular complexity index is 1090. The van der Waals surface area contributed by atoms with Crippen molar-refractivity contribution < 1.29 is 9.59 Å². The van der Waals surface area contributed by atoms with Gasteiger partial charge >= 0.3 is 0 Å². The Labute approximate surface area is 180 Å². The van der Waals surface area contributed by atoms with Gasteiger partial charge in [0, 0.05) is 30.3 Å². The number of ketones is 1. The molecule has 2 aromatic heterocycles. The van der Waals surface area contributed by atoms with E-state index < -0.39 is 0 Å². The van der Waals surface area contributed by atoms with Crippen molar-refractivity contribution in [2.24, 2.45) is 5.92 Å². The SMILES string of the molecule is Cc1cc(C)n(-c2ccc(Cl)c(C(=O)N3CCC(C(=O)c4ccccc4)CC3)n2)n1. The third-order valence-electron chi connectivity index (χ3n) is 5.47. The Hall–Kier alpha value is -2.99. The molecular weight excluding hydrogens is 400 g/mol. The predicted molar refractivity (Wildman–Crippen MR) is 115 cm³/mol. The molecule has 1 fully saturated rings. The Kier molecular flexibility index (Phi) is 5.68. The van der Waals surface area contributed by atoms with Crippen molar-refractivity contribution >= 4 is 23.3 Å². The molecule has 0 bridgehead atoms. The van der Waals surface area contributed by atoms with E-state index in [-0.39, 0.29) is 23.3 Å². The fourth-order valence-corrected chi connectivity index (χ4v) is 4.08. The average molecular weight is 423 g/mol. The first-order chi connectivity index (χ1) is 14.4. The van der Waals surface area contributed by atoms with E-state index in [0.717, 1.165) is 17.0 Å². The number of Topliss-reactive ketones (excluding diaryl/α,β-unsaturated/α-hetero) is 1. The van der Waals surface area contributed by atoms with Crippen LogP contribution >= 0.6 is 11.6 Å². The fourth-order valence-electron chi connectivity index (χ4n) is 3.89. The first-order valence-corrected chi connectivity index (χ1v) is 10.4. The summed E-state index contributed by atoms with van der Waals surface area (Å²) >= 11 is 6.31. The summed E-state index contributed by atoms with van der Waals surface area (Å²) in [4.78, 5) is 32.0. The fraction of sp³-hybridized carbons (Fsp3) is 0.304. The average Bonchev–Trinajstić information content (AvgIpc) is 3.11. The smallest absolute Gasteiger partial charge is 0.274 e. The molecule has 3 aromatic rings. The molecule has 1 amide bonds. The van der Waals surface area contributed by atoms with Crippen molar-refractivity contribution in [1.82, 2.24) is 19.7 Å². The maximum absolute atomic E-state index is 13.1. The number of hydrogen-bond acceptors (Lipinski definition) is 4. The number of rotatable bonds is 4. The number of amides is 1. The minimum absolute atomic E-state index is 0.0686. The zero-order valence-electron chi connectivity index (χ0n) is 17.0. The summed E-state index contributed by atoms with van der Waals surface area (Å²) in [7, 11) is 0. The van der Waals surface area contributed by atoms with Crippen LogP contribution in [0, 0.1) is 19.8 Å². The topological polar surface area (TPSA) is 68.1 Å². The first kappa shape index (κ1) is 20.3. The molecule has 3 heterocycles. The molecule has 0 atom stereocenters. The van der Waals surface area contributed by atoms with Crippen molar-refractivity contribution in [3.8, 4) is 5.82 Å². The lowest BCUT2D eigenvalue weighted by atomic mass is 9.89. The van der Waals surface area contributed by atoms with Crippen LogP contribution in [0.2, 0.25) is 5.02 Å². The van der Waals surface area contributed by atoms with Gasteiger partial charge in [-0.1, -0.05) is 41.9 Å². The first-order valence-electron chi connectivity index (χ1n) is 10.0. The van der Waals surface area contributed by atoms with Crippen molar-refractivity contribution in [2.75, 3.05) is 13.1 Å². The number of piperidine rings is 1. The van der Waals surface area contributed by atoms with Gasteiger partial charge in [-0.2, -0.15) is 5.10 Å². The van der Waals surface area contributed by atoms with Crippen LogP contribution < -0.4 is 0 Å². The van der Waals surface area contributed by atoms with E-state index in [2.05, 4.69) is 10.1 Å². The lowest BCUT2D eigenvalue weighted by Crippen LogP contribution is -2.40. The summed E-state index contributed by atoms with van der Waals surface area (Å²) in [5, 5.41) is 4.74. The maximum Gasteiger partial charge on any atom is 0.274 e. The number of aryl methyl sites for hydroxylation is 2. The van der Waals surface area contributed by atoms with Crippen molar-refractivity contribution in [1.29, 1.82) is 0 Å². The molecule has 30 heavy (non-hydrogen) atoms. The van der Waals surface area contributed by atoms with E-state index >= 15 is 0 Å². The third kappa shape index (κ3) is 4.00. The molecule has 0 radical (unpaired) electrons. The maximum atomic E-state index is 13.1. The number of benzene rings is 1. The Morgan fingerprint density at radius 3 is 2.37 bits per heavy atom. The molecule has 0 saturated carbocycles. The number of aromatic nitrogens is 3. The minimum Gasteiger partial charge on any atom is -0.337 e. The third-order valence-corrected chi connectivity index (χ3v) is 5.78. The van der Waals surface area contributed by atoms with Gasteiger partial charge in [-0.05, 0) is 44.9 Å². The monoisotopic (exact) mass is 422 g/mol. The highest BCUT2D eigenvalue weighted by molar-refractivity contribution is 6.33. The number of carbonyl (C=O) groups is 2. The molecule has 7 heteroatoms. The van der Waals surface area contributed by atoms with Crippen molar-refractivity contribution in [3.63, 3.8) is 0 Å². The van der Waals surface area contributed by atoms with Crippen LogP contribution in [-0.2, 0) is 0 Å². The van der Waals surface area contributed by atoms with Gasteiger partial charge in [0.1, 0.15) is 5.69 Å². The summed E-state index contributed by atoms with van der Waals surface area (Å²) in [5.74, 6) is 0.419. The Balaban J connectivity index is 1.49. The van der Waals surface area contributed by atoms with E-state index in [0.29, 0.717) is 36.8 Å². The van der Waals surface area contributed by atoms with Crippen LogP contribution in [0.5, 0.6) is 0 Å². The highest BCUT2D eigenvalue weighted by Gasteiger charge is 2.30. The lowest BCUT2D eigenvalue weighted by Gasteiger charge is -2.31. The van der Waals surface area contributed by atoms with Gasteiger partial charge in [-0.25, -0.2) is 9.67 Å². The molecule has 0 aliphatic carbocycles. The Morgan fingerprint density at radius 2 is 1.73 bits per heavy atom. The summed E-state index contributed by atoms with van der Waals surface area (Å²) < 4.78 is 1.70. The van der Waals surface area contributed by atoms with Crippen LogP contribution in [-0.4, -0.2) is 44.4 Å². The molecule has 1 aliphatic heterocycles. The predicted octanol–water partition coefficient (Wildman–Crippen LogP) is 4.27. The second-order valence-electron chi connectivity index (χ2n) is 7.64. The standard InChI is InChI=1S/C23H23ClN4O2/c1-15-14-16(2)28(26-15)20-9-8-19(24)21(25-20)23(30)27-12-10-18(11-13-27)22(29)17-6-4-3-5-7-17/h3-9,14,18H,10-13H2,1-2H3. The quantitative estimate of drug-likeness (QED) is 0.589. The summed E-state index contributed by atoms with van der Waals surface area (Å²) in [6.45, 7) is 4.85. The number of carbonyl (C=O) groups excluding carboxylic acids is 2. The van der Waals surface area contributed by atoms with Gasteiger partial charge in [0.25, 0.3) is 5.91 Å². The number of nitrogens with zero attached hydrogens (tertiary/aromatic N) is 4. The van der Waals surface area contributed by atoms with E-state index in [4.69, 9.17) is 11.6 Å². The van der Waals surface area contributed by atoms with E-state index in [1.54, 1.807) is 21.7 Å². The second kappa shape index (κ2) is 8.40. The molecule has 0 unspecified atom stereocenters. The molecule has 0 spiro atoms. The van der Waals surface area contributed by atoms with Crippen LogP contribution in [0.25, 0.3) is 5.82 Å². The molecule has 154 valence electrons. The minimum atomic E-state index is -0.214. The largest absolute Gasteiger partial charge is 0.337 e. The van der Waals surface area contributed by atoms with Crippen LogP contribution in [0.1, 0.15) is 45.1 Å². The highest BCUT2D eigenvalue weighted by Crippen LogP contribution is 2.25. The van der Waals surface area contributed by atoms with Gasteiger partial charge in [0.05, 0.1) is 10.7 Å². The molecule has 0 N–H and O–H groups in total. The summed E-state index contributed by atoms with van der Waals surface area (Å²) in [6.07, 6.45) is 1.27. The highest BCUT2D eigenvalue weighted by atomic mass is 35.5. The van der Waals surface area contributed by atoms with Crippen LogP contribution in [0.3, 0.4) is 0 Å². The zero-order chi connectivity index (χ0) is 21.3. The molecular formula is C23H23ClN4O2. The van der Waals surface area contributed by atoms with Gasteiger partial charge in [-0.15, -0.1) is 0 Å². The molecule has 6 nitrogen and oxygen atoms in total. The summed E-state index contributed by atoms with van der Waals surface area (Å²) in [5.41, 5.74) is 2.75. The van der Waals surface area contributed by atoms with Gasteiger partial charge in [-0.3, -0.25) is 9.59 Å². The van der Waals surface area contributed by atoms with Crippen LogP contribution in [0.15, 0.2) is 48.5 Å². The van der Waals surface area contributed by atoms with E-state index in [9.17, 15) is 9.59 Å². The molecule has 1 aliphatic rings. The summed E-state index contributed by atoms with van der Waals surface area (Å²) in [6, 6.07) is 14.7. The van der Waals surface area contributed by atoms with Crippen molar-refractivity contribution in [2.45, 2.75) is 26.7 Å². The molecule has 1 saturated heterocycles. The van der Waals surface area contributed by atoms with Gasteiger partial charge < -0.3 is 4.90 Å². The van der Waals surface area contributed by atoms with Gasteiger partial charge in [0.15, 0.2) is 11.6 Å². The Morgan fingerprint density at radius 1 is 1.03 bits per heavy atom. The second-order valence-corrected chi connectivity index (χ2v) is 8.04.